The molecule has 7 aliphatic rings. The number of fused-ring (bicyclic) bond motifs is 5. The first kappa shape index (κ1) is 17.8. The Hall–Kier alpha value is -1.87. The van der Waals surface area contributed by atoms with E-state index in [1.807, 2.05) is 19.1 Å². The Labute approximate surface area is 182 Å². The average molecular weight is 420 g/mol. The number of rotatable bonds is 1. The molecule has 6 bridgehead atoms. The molecule has 1 aliphatic heterocycles. The van der Waals surface area contributed by atoms with Crippen LogP contribution in [0.25, 0.3) is 0 Å². The zero-order chi connectivity index (χ0) is 20.3. The molecule has 8 rings (SSSR count). The Morgan fingerprint density at radius 3 is 1.97 bits per heavy atom. The molecule has 30 heavy (non-hydrogen) atoms. The Morgan fingerprint density at radius 1 is 0.833 bits per heavy atom. The lowest BCUT2D eigenvalue weighted by molar-refractivity contribution is -0.123. The zero-order valence-electron chi connectivity index (χ0n) is 17.2. The summed E-state index contributed by atoms with van der Waals surface area (Å²) in [6, 6.07) is 5.47. The van der Waals surface area contributed by atoms with Crippen LogP contribution in [-0.2, 0) is 9.59 Å². The summed E-state index contributed by atoms with van der Waals surface area (Å²) in [4.78, 5) is 28.6. The molecule has 6 fully saturated rings. The van der Waals surface area contributed by atoms with Crippen molar-refractivity contribution in [2.45, 2.75) is 39.0 Å². The number of imide groups is 1. The third kappa shape index (κ3) is 2.12. The number of halogens is 1. The van der Waals surface area contributed by atoms with E-state index in [1.54, 1.807) is 11.6 Å². The standard InChI is InChI=1S/C26H26ClNO2/c1-12-2-3-17(27)11-20(12)28-25(29)23-18-4-5-19(24(23)26(28)30)22(18)21-15-7-13-6-14(9-15)10-16(21)8-13/h2-5,11,13-16,18-19,23-24H,6-10H2,1H3/t13?,14?,15?,16?,18-,19+,23-,24-/m0/s1. The minimum Gasteiger partial charge on any atom is -0.274 e. The van der Waals surface area contributed by atoms with Gasteiger partial charge in [-0.3, -0.25) is 9.59 Å². The molecule has 0 aromatic heterocycles. The number of hydrogen-bond acceptors (Lipinski definition) is 2. The molecule has 154 valence electrons. The maximum atomic E-state index is 13.6. The minimum atomic E-state index is -0.217. The first-order chi connectivity index (χ1) is 14.5. The van der Waals surface area contributed by atoms with Crippen LogP contribution in [0.15, 0.2) is 41.5 Å². The molecule has 1 saturated heterocycles. The molecule has 1 aromatic rings. The number of nitrogens with zero attached hydrogens (tertiary/aromatic N) is 1. The van der Waals surface area contributed by atoms with E-state index in [0.717, 1.165) is 29.2 Å². The highest BCUT2D eigenvalue weighted by molar-refractivity contribution is 6.31. The van der Waals surface area contributed by atoms with E-state index >= 15 is 0 Å². The number of anilines is 1. The maximum absolute atomic E-state index is 13.6. The van der Waals surface area contributed by atoms with Crippen LogP contribution in [0, 0.1) is 54.3 Å². The van der Waals surface area contributed by atoms with Gasteiger partial charge in [0.05, 0.1) is 17.5 Å². The quantitative estimate of drug-likeness (QED) is 0.456. The predicted octanol–water partition coefficient (Wildman–Crippen LogP) is 5.32. The third-order valence-corrected chi connectivity index (χ3v) is 9.41. The zero-order valence-corrected chi connectivity index (χ0v) is 17.9. The number of allylic oxidation sites excluding steroid dienone is 4. The molecule has 5 saturated carbocycles. The van der Waals surface area contributed by atoms with Gasteiger partial charge in [0, 0.05) is 16.9 Å². The smallest absolute Gasteiger partial charge is 0.238 e. The molecule has 0 unspecified atom stereocenters. The fourth-order valence-electron chi connectivity index (χ4n) is 8.37. The lowest BCUT2D eigenvalue weighted by Gasteiger charge is -2.52. The number of amides is 2. The second-order valence-corrected chi connectivity index (χ2v) is 11.1. The van der Waals surface area contributed by atoms with E-state index in [4.69, 9.17) is 11.6 Å². The topological polar surface area (TPSA) is 37.4 Å². The largest absolute Gasteiger partial charge is 0.274 e. The average Bonchev–Trinajstić information content (AvgIpc) is 3.33. The van der Waals surface area contributed by atoms with Gasteiger partial charge >= 0.3 is 0 Å². The van der Waals surface area contributed by atoms with E-state index in [1.165, 1.54) is 42.6 Å². The van der Waals surface area contributed by atoms with Crippen LogP contribution in [-0.4, -0.2) is 11.8 Å². The van der Waals surface area contributed by atoms with Crippen molar-refractivity contribution in [1.82, 2.24) is 0 Å². The highest BCUT2D eigenvalue weighted by Crippen LogP contribution is 2.64. The van der Waals surface area contributed by atoms with Gasteiger partial charge in [-0.15, -0.1) is 0 Å². The highest BCUT2D eigenvalue weighted by atomic mass is 35.5. The Kier molecular flexibility index (Phi) is 3.48. The van der Waals surface area contributed by atoms with Gasteiger partial charge in [0.15, 0.2) is 0 Å². The Balaban J connectivity index is 1.30. The van der Waals surface area contributed by atoms with Crippen LogP contribution in [0.2, 0.25) is 5.02 Å². The second kappa shape index (κ2) is 5.88. The SMILES string of the molecule is Cc1ccc(Cl)cc1N1C(=O)[C@@H]2[C@@H](C1=O)[C@H]1C=C[C@@H]2C1=C1C2CC3CC(C2)CC1C3. The summed E-state index contributed by atoms with van der Waals surface area (Å²) >= 11 is 6.21. The molecule has 0 spiro atoms. The van der Waals surface area contributed by atoms with Crippen molar-refractivity contribution in [3.63, 3.8) is 0 Å². The summed E-state index contributed by atoms with van der Waals surface area (Å²) in [5.41, 5.74) is 4.75. The van der Waals surface area contributed by atoms with E-state index in [-0.39, 0.29) is 35.5 Å². The normalized spacial score (nSPS) is 42.8. The molecule has 6 aliphatic carbocycles. The summed E-state index contributed by atoms with van der Waals surface area (Å²) in [5.74, 6) is 3.08. The fourth-order valence-corrected chi connectivity index (χ4v) is 8.54. The van der Waals surface area contributed by atoms with Crippen LogP contribution in [0.5, 0.6) is 0 Å². The highest BCUT2D eigenvalue weighted by Gasteiger charge is 2.63. The van der Waals surface area contributed by atoms with Gasteiger partial charge in [0.25, 0.3) is 0 Å². The van der Waals surface area contributed by atoms with Gasteiger partial charge in [0.2, 0.25) is 11.8 Å². The van der Waals surface area contributed by atoms with E-state index in [0.29, 0.717) is 10.7 Å². The van der Waals surface area contributed by atoms with Crippen molar-refractivity contribution in [2.75, 3.05) is 4.90 Å². The molecule has 3 nitrogen and oxygen atoms in total. The van der Waals surface area contributed by atoms with Crippen molar-refractivity contribution in [3.05, 3.63) is 52.1 Å². The number of carbonyl (C=O) groups is 2. The summed E-state index contributed by atoms with van der Waals surface area (Å²) < 4.78 is 0. The first-order valence-electron chi connectivity index (χ1n) is 11.6. The van der Waals surface area contributed by atoms with Crippen LogP contribution < -0.4 is 4.90 Å². The number of carbonyl (C=O) groups excluding carboxylic acids is 2. The lowest BCUT2D eigenvalue weighted by Crippen LogP contribution is -2.41. The van der Waals surface area contributed by atoms with Crippen molar-refractivity contribution < 1.29 is 9.59 Å². The molecule has 4 heteroatoms. The lowest BCUT2D eigenvalue weighted by atomic mass is 9.53. The third-order valence-electron chi connectivity index (χ3n) is 9.18. The van der Waals surface area contributed by atoms with Crippen molar-refractivity contribution in [3.8, 4) is 0 Å². The molecule has 0 radical (unpaired) electrons. The molecular weight excluding hydrogens is 394 g/mol. The summed E-state index contributed by atoms with van der Waals surface area (Å²) in [6.07, 6.45) is 11.3. The molecule has 2 amide bonds. The predicted molar refractivity (Wildman–Crippen MR) is 116 cm³/mol. The summed E-state index contributed by atoms with van der Waals surface area (Å²) in [5, 5.41) is 0.561. The number of hydrogen-bond donors (Lipinski definition) is 0. The molecular formula is C26H26ClNO2. The Bertz CT molecular complexity index is 1000. The molecule has 4 atom stereocenters. The van der Waals surface area contributed by atoms with Gasteiger partial charge in [-0.2, -0.15) is 0 Å². The molecule has 1 aromatic carbocycles. The van der Waals surface area contributed by atoms with Crippen LogP contribution in [0.4, 0.5) is 5.69 Å². The molecule has 0 N–H and O–H groups in total. The second-order valence-electron chi connectivity index (χ2n) is 10.6. The maximum Gasteiger partial charge on any atom is 0.238 e. The number of aryl methyl sites for hydroxylation is 1. The van der Waals surface area contributed by atoms with Crippen LogP contribution >= 0.6 is 11.6 Å². The minimum absolute atomic E-state index is 0.0193. The van der Waals surface area contributed by atoms with Crippen LogP contribution in [0.3, 0.4) is 0 Å². The van der Waals surface area contributed by atoms with Gasteiger partial charge < -0.3 is 0 Å². The van der Waals surface area contributed by atoms with Crippen molar-refractivity contribution in [1.29, 1.82) is 0 Å². The van der Waals surface area contributed by atoms with Gasteiger partial charge in [-0.05, 0) is 80.4 Å². The number of benzene rings is 1. The summed E-state index contributed by atoms with van der Waals surface area (Å²) in [7, 11) is 0. The summed E-state index contributed by atoms with van der Waals surface area (Å²) in [6.45, 7) is 1.94. The van der Waals surface area contributed by atoms with E-state index < -0.39 is 0 Å². The van der Waals surface area contributed by atoms with E-state index in [2.05, 4.69) is 12.2 Å². The molecule has 1 heterocycles. The monoisotopic (exact) mass is 419 g/mol. The van der Waals surface area contributed by atoms with Crippen LogP contribution in [0.1, 0.15) is 37.7 Å². The van der Waals surface area contributed by atoms with E-state index in [9.17, 15) is 9.59 Å². The Morgan fingerprint density at radius 2 is 1.40 bits per heavy atom. The van der Waals surface area contributed by atoms with Crippen molar-refractivity contribution >= 4 is 29.1 Å². The van der Waals surface area contributed by atoms with Gasteiger partial charge in [-0.1, -0.05) is 41.0 Å². The fraction of sp³-hybridized carbons (Fsp3) is 0.538. The van der Waals surface area contributed by atoms with Crippen molar-refractivity contribution in [2.24, 2.45) is 47.3 Å². The van der Waals surface area contributed by atoms with Gasteiger partial charge in [0.1, 0.15) is 0 Å². The first-order valence-corrected chi connectivity index (χ1v) is 11.9. The van der Waals surface area contributed by atoms with Gasteiger partial charge in [-0.25, -0.2) is 4.90 Å².